The van der Waals surface area contributed by atoms with Crippen LogP contribution in [0.25, 0.3) is 0 Å². The molecule has 1 aliphatic rings. The van der Waals surface area contributed by atoms with Crippen molar-refractivity contribution in [2.24, 2.45) is 0 Å². The van der Waals surface area contributed by atoms with Crippen molar-refractivity contribution in [3.8, 4) is 17.6 Å². The van der Waals surface area contributed by atoms with Gasteiger partial charge in [-0.3, -0.25) is 4.79 Å². The molecule has 1 N–H and O–H groups in total. The number of methoxy groups -OCH3 is 1. The first kappa shape index (κ1) is 21.6. The second kappa shape index (κ2) is 9.61. The second-order valence-corrected chi connectivity index (χ2v) is 8.71. The molecule has 3 rings (SSSR count). The van der Waals surface area contributed by atoms with Gasteiger partial charge in [-0.15, -0.1) is 0 Å². The smallest absolute Gasteiger partial charge is 0.262 e. The first-order valence-electron chi connectivity index (χ1n) is 9.55. The van der Waals surface area contributed by atoms with E-state index in [1.165, 1.54) is 29.6 Å². The van der Waals surface area contributed by atoms with Gasteiger partial charge >= 0.3 is 0 Å². The highest BCUT2D eigenvalue weighted by atomic mass is 32.2. The third-order valence-electron chi connectivity index (χ3n) is 4.76. The van der Waals surface area contributed by atoms with Crippen LogP contribution in [0.1, 0.15) is 24.8 Å². The molecule has 0 unspecified atom stereocenters. The summed E-state index contributed by atoms with van der Waals surface area (Å²) in [5.74, 6) is 0.121. The maximum absolute atomic E-state index is 12.9. The van der Waals surface area contributed by atoms with Gasteiger partial charge < -0.3 is 14.8 Å². The van der Waals surface area contributed by atoms with Gasteiger partial charge in [0.15, 0.2) is 6.61 Å². The molecular weight excluding hydrogens is 406 g/mol. The molecule has 1 amide bonds. The minimum atomic E-state index is -3.65. The lowest BCUT2D eigenvalue weighted by atomic mass is 10.2. The molecule has 1 heterocycles. The van der Waals surface area contributed by atoms with Crippen LogP contribution in [0.15, 0.2) is 47.4 Å². The molecule has 1 fully saturated rings. The van der Waals surface area contributed by atoms with E-state index in [0.717, 1.165) is 19.3 Å². The van der Waals surface area contributed by atoms with E-state index in [0.29, 0.717) is 30.2 Å². The van der Waals surface area contributed by atoms with Crippen LogP contribution >= 0.6 is 0 Å². The Balaban J connectivity index is 1.75. The normalized spacial score (nSPS) is 14.5. The molecule has 158 valence electrons. The highest BCUT2D eigenvalue weighted by Gasteiger charge is 2.27. The van der Waals surface area contributed by atoms with Crippen LogP contribution in [0.5, 0.6) is 11.5 Å². The number of hydrogen-bond acceptors (Lipinski definition) is 6. The van der Waals surface area contributed by atoms with Crippen LogP contribution in [0, 0.1) is 11.3 Å². The van der Waals surface area contributed by atoms with Gasteiger partial charge in [0.25, 0.3) is 5.91 Å². The van der Waals surface area contributed by atoms with Gasteiger partial charge in [-0.05, 0) is 43.2 Å². The van der Waals surface area contributed by atoms with E-state index in [1.54, 1.807) is 24.3 Å². The number of carbonyl (C=O) groups is 1. The Morgan fingerprint density at radius 3 is 2.57 bits per heavy atom. The van der Waals surface area contributed by atoms with E-state index < -0.39 is 15.9 Å². The summed E-state index contributed by atoms with van der Waals surface area (Å²) in [5, 5.41) is 11.7. The van der Waals surface area contributed by atoms with E-state index in [-0.39, 0.29) is 17.2 Å². The highest BCUT2D eigenvalue weighted by Crippen LogP contribution is 2.30. The number of amides is 1. The Labute approximate surface area is 176 Å². The fourth-order valence-corrected chi connectivity index (χ4v) is 4.76. The predicted octanol–water partition coefficient (Wildman–Crippen LogP) is 2.76. The van der Waals surface area contributed by atoms with Gasteiger partial charge in [0.05, 0.1) is 23.3 Å². The fraction of sp³-hybridized carbons (Fsp3) is 0.333. The molecule has 8 nitrogen and oxygen atoms in total. The maximum Gasteiger partial charge on any atom is 0.262 e. The number of nitrogens with one attached hydrogen (secondary N) is 1. The van der Waals surface area contributed by atoms with E-state index in [1.807, 2.05) is 6.07 Å². The molecule has 0 spiro atoms. The van der Waals surface area contributed by atoms with E-state index in [9.17, 15) is 13.2 Å². The monoisotopic (exact) mass is 429 g/mol. The molecule has 0 aliphatic carbocycles. The third kappa shape index (κ3) is 4.90. The summed E-state index contributed by atoms with van der Waals surface area (Å²) in [6.07, 6.45) is 2.69. The lowest BCUT2D eigenvalue weighted by Gasteiger charge is -2.26. The van der Waals surface area contributed by atoms with Crippen molar-refractivity contribution < 1.29 is 22.7 Å². The van der Waals surface area contributed by atoms with Gasteiger partial charge in [-0.25, -0.2) is 8.42 Å². The summed E-state index contributed by atoms with van der Waals surface area (Å²) in [6.45, 7) is 0.634. The van der Waals surface area contributed by atoms with Crippen molar-refractivity contribution in [3.05, 3.63) is 48.0 Å². The van der Waals surface area contributed by atoms with Gasteiger partial charge in [0.1, 0.15) is 17.6 Å². The number of carbonyl (C=O) groups excluding carboxylic acids is 1. The van der Waals surface area contributed by atoms with Crippen molar-refractivity contribution in [2.75, 3.05) is 32.1 Å². The minimum Gasteiger partial charge on any atom is -0.495 e. The van der Waals surface area contributed by atoms with E-state index in [4.69, 9.17) is 14.7 Å². The Morgan fingerprint density at radius 1 is 1.13 bits per heavy atom. The van der Waals surface area contributed by atoms with Crippen LogP contribution in [0.3, 0.4) is 0 Å². The predicted molar refractivity (Wildman–Crippen MR) is 111 cm³/mol. The van der Waals surface area contributed by atoms with Crippen LogP contribution < -0.4 is 14.8 Å². The van der Waals surface area contributed by atoms with Crippen LogP contribution in [0.4, 0.5) is 5.69 Å². The maximum atomic E-state index is 12.9. The van der Waals surface area contributed by atoms with Gasteiger partial charge in [-0.2, -0.15) is 9.57 Å². The van der Waals surface area contributed by atoms with Crippen molar-refractivity contribution >= 4 is 21.6 Å². The lowest BCUT2D eigenvalue weighted by Crippen LogP contribution is -2.35. The number of benzene rings is 2. The van der Waals surface area contributed by atoms with Crippen LogP contribution in [-0.4, -0.2) is 45.4 Å². The number of para-hydroxylation sites is 1. The molecule has 0 saturated carbocycles. The molecule has 1 saturated heterocycles. The molecule has 0 aromatic heterocycles. The topological polar surface area (TPSA) is 109 Å². The second-order valence-electron chi connectivity index (χ2n) is 6.77. The zero-order valence-electron chi connectivity index (χ0n) is 16.6. The number of piperidine rings is 1. The number of rotatable bonds is 7. The molecule has 2 aromatic carbocycles. The Bertz CT molecular complexity index is 1060. The zero-order valence-corrected chi connectivity index (χ0v) is 17.4. The zero-order chi connectivity index (χ0) is 21.6. The van der Waals surface area contributed by atoms with Crippen molar-refractivity contribution in [2.45, 2.75) is 24.2 Å². The summed E-state index contributed by atoms with van der Waals surface area (Å²) < 4.78 is 38.0. The molecule has 1 aliphatic heterocycles. The summed E-state index contributed by atoms with van der Waals surface area (Å²) in [7, 11) is -2.22. The first-order chi connectivity index (χ1) is 14.5. The minimum absolute atomic E-state index is 0.0937. The molecule has 9 heteroatoms. The van der Waals surface area contributed by atoms with Crippen LogP contribution in [0.2, 0.25) is 0 Å². The Morgan fingerprint density at radius 2 is 1.87 bits per heavy atom. The number of ether oxygens (including phenoxy) is 2. The summed E-state index contributed by atoms with van der Waals surface area (Å²) >= 11 is 0. The van der Waals surface area contributed by atoms with Crippen molar-refractivity contribution in [3.63, 3.8) is 0 Å². The average Bonchev–Trinajstić information content (AvgIpc) is 2.78. The Kier molecular flexibility index (Phi) is 6.92. The quantitative estimate of drug-likeness (QED) is 0.725. The Hall–Kier alpha value is -3.09. The number of anilines is 1. The molecule has 0 bridgehead atoms. The number of nitrogens with zero attached hydrogens (tertiary/aromatic N) is 2. The van der Waals surface area contributed by atoms with Crippen molar-refractivity contribution in [1.29, 1.82) is 5.26 Å². The van der Waals surface area contributed by atoms with E-state index in [2.05, 4.69) is 5.32 Å². The number of sulfonamides is 1. The average molecular weight is 429 g/mol. The molecule has 30 heavy (non-hydrogen) atoms. The number of nitriles is 1. The summed E-state index contributed by atoms with van der Waals surface area (Å²) in [6, 6.07) is 13.0. The van der Waals surface area contributed by atoms with Gasteiger partial charge in [0, 0.05) is 13.1 Å². The largest absolute Gasteiger partial charge is 0.495 e. The van der Waals surface area contributed by atoms with E-state index >= 15 is 0 Å². The van der Waals surface area contributed by atoms with Gasteiger partial charge in [0.2, 0.25) is 10.0 Å². The molecule has 0 atom stereocenters. The summed E-state index contributed by atoms with van der Waals surface area (Å²) in [5.41, 5.74) is 0.551. The third-order valence-corrected chi connectivity index (χ3v) is 6.66. The fourth-order valence-electron chi connectivity index (χ4n) is 3.21. The number of hydrogen-bond donors (Lipinski definition) is 1. The molecular formula is C21H23N3O5S. The van der Waals surface area contributed by atoms with Crippen LogP contribution in [-0.2, 0) is 14.8 Å². The standard InChI is InChI=1S/C21H23N3O5S/c1-28-20-10-9-17(30(26,27)24-11-5-2-6-12-24)13-18(20)23-21(25)15-29-19-8-4-3-7-16(19)14-22/h3-4,7-10,13H,2,5-6,11-12,15H2,1H3,(H,23,25). The van der Waals surface area contributed by atoms with Crippen molar-refractivity contribution in [1.82, 2.24) is 4.31 Å². The highest BCUT2D eigenvalue weighted by molar-refractivity contribution is 7.89. The summed E-state index contributed by atoms with van der Waals surface area (Å²) in [4.78, 5) is 12.5. The SMILES string of the molecule is COc1ccc(S(=O)(=O)N2CCCCC2)cc1NC(=O)COc1ccccc1C#N. The lowest BCUT2D eigenvalue weighted by molar-refractivity contribution is -0.118. The molecule has 0 radical (unpaired) electrons. The molecule has 2 aromatic rings. The van der Waals surface area contributed by atoms with Gasteiger partial charge in [-0.1, -0.05) is 18.6 Å². The first-order valence-corrected chi connectivity index (χ1v) is 11.0.